The van der Waals surface area contributed by atoms with Crippen LogP contribution in [-0.4, -0.2) is 26.6 Å². The smallest absolute Gasteiger partial charge is 0.330 e. The largest absolute Gasteiger partial charge is 0.374 e. The Balaban J connectivity index is 2.73. The summed E-state index contributed by atoms with van der Waals surface area (Å²) in [5, 5.41) is 0. The van der Waals surface area contributed by atoms with Gasteiger partial charge in [-0.15, -0.1) is 0 Å². The number of hydrogen-bond donors (Lipinski definition) is 2. The number of rotatable bonds is 4. The molecule has 2 aromatic rings. The summed E-state index contributed by atoms with van der Waals surface area (Å²) >= 11 is 0. The molecule has 0 bridgehead atoms. The van der Waals surface area contributed by atoms with Crippen molar-refractivity contribution >= 4 is 11.2 Å². The molecule has 0 amide bonds. The highest BCUT2D eigenvalue weighted by Crippen LogP contribution is 2.14. The van der Waals surface area contributed by atoms with Crippen LogP contribution in [0.3, 0.4) is 0 Å². The zero-order valence-electron chi connectivity index (χ0n) is 10.6. The van der Waals surface area contributed by atoms with Gasteiger partial charge in [0.05, 0.1) is 0 Å². The summed E-state index contributed by atoms with van der Waals surface area (Å²) in [5.41, 5.74) is -0.201. The first kappa shape index (κ1) is 12.6. The van der Waals surface area contributed by atoms with Crippen molar-refractivity contribution in [2.45, 2.75) is 32.9 Å². The summed E-state index contributed by atoms with van der Waals surface area (Å²) in [4.78, 5) is 32.9. The van der Waals surface area contributed by atoms with E-state index in [1.54, 1.807) is 7.11 Å². The third-order valence-electron chi connectivity index (χ3n) is 2.84. The van der Waals surface area contributed by atoms with Crippen LogP contribution in [0.4, 0.5) is 0 Å². The highest BCUT2D eigenvalue weighted by molar-refractivity contribution is 5.69. The fourth-order valence-electron chi connectivity index (χ4n) is 1.79. The first-order valence-electron chi connectivity index (χ1n) is 5.84. The molecule has 7 nitrogen and oxygen atoms in total. The molecule has 2 aromatic heterocycles. The van der Waals surface area contributed by atoms with Crippen molar-refractivity contribution in [3.8, 4) is 0 Å². The minimum Gasteiger partial charge on any atom is -0.374 e. The SMILES string of the molecule is CCCn1c(=O)[nH]c(=O)c2[nH]c(C(C)OC)nc21. The van der Waals surface area contributed by atoms with Gasteiger partial charge in [-0.3, -0.25) is 14.3 Å². The van der Waals surface area contributed by atoms with Crippen LogP contribution in [0.1, 0.15) is 32.2 Å². The van der Waals surface area contributed by atoms with Gasteiger partial charge in [-0.25, -0.2) is 9.78 Å². The molecule has 2 heterocycles. The molecule has 0 radical (unpaired) electrons. The van der Waals surface area contributed by atoms with E-state index in [1.807, 2.05) is 13.8 Å². The van der Waals surface area contributed by atoms with Gasteiger partial charge in [-0.1, -0.05) is 6.92 Å². The van der Waals surface area contributed by atoms with Crippen molar-refractivity contribution in [1.82, 2.24) is 19.5 Å². The molecular weight excluding hydrogens is 236 g/mol. The van der Waals surface area contributed by atoms with E-state index in [2.05, 4.69) is 15.0 Å². The molecule has 0 aliphatic heterocycles. The van der Waals surface area contributed by atoms with Gasteiger partial charge in [0.1, 0.15) is 17.4 Å². The topological polar surface area (TPSA) is 92.8 Å². The van der Waals surface area contributed by atoms with Crippen LogP contribution in [0.2, 0.25) is 0 Å². The number of imidazole rings is 1. The first-order valence-corrected chi connectivity index (χ1v) is 5.84. The second-order valence-corrected chi connectivity index (χ2v) is 4.11. The number of nitrogens with zero attached hydrogens (tertiary/aromatic N) is 2. The molecule has 1 atom stereocenters. The summed E-state index contributed by atoms with van der Waals surface area (Å²) in [6.07, 6.45) is 0.519. The first-order chi connectivity index (χ1) is 8.58. The number of methoxy groups -OCH3 is 1. The van der Waals surface area contributed by atoms with Gasteiger partial charge in [0.25, 0.3) is 5.56 Å². The summed E-state index contributed by atoms with van der Waals surface area (Å²) in [6.45, 7) is 4.28. The Morgan fingerprint density at radius 1 is 1.39 bits per heavy atom. The zero-order valence-corrected chi connectivity index (χ0v) is 10.6. The fourth-order valence-corrected chi connectivity index (χ4v) is 1.79. The highest BCUT2D eigenvalue weighted by Gasteiger charge is 2.15. The third-order valence-corrected chi connectivity index (χ3v) is 2.84. The predicted octanol–water partition coefficient (Wildman–Crippen LogP) is 0.530. The van der Waals surface area contributed by atoms with E-state index in [0.29, 0.717) is 23.5 Å². The average Bonchev–Trinajstić information content (AvgIpc) is 2.78. The number of H-pyrrole nitrogens is 2. The summed E-state index contributed by atoms with van der Waals surface area (Å²) < 4.78 is 6.60. The number of nitrogens with one attached hydrogen (secondary N) is 2. The third kappa shape index (κ3) is 1.97. The van der Waals surface area contributed by atoms with E-state index in [0.717, 1.165) is 6.42 Å². The maximum absolute atomic E-state index is 11.7. The summed E-state index contributed by atoms with van der Waals surface area (Å²) in [7, 11) is 1.56. The summed E-state index contributed by atoms with van der Waals surface area (Å²) in [6, 6.07) is 0. The molecule has 0 aliphatic rings. The molecule has 98 valence electrons. The van der Waals surface area contributed by atoms with E-state index in [4.69, 9.17) is 4.74 Å². The molecule has 0 aromatic carbocycles. The van der Waals surface area contributed by atoms with Gasteiger partial charge < -0.3 is 9.72 Å². The maximum atomic E-state index is 11.7. The van der Waals surface area contributed by atoms with Crippen LogP contribution < -0.4 is 11.2 Å². The number of aromatic amines is 2. The molecule has 0 aliphatic carbocycles. The molecule has 1 unspecified atom stereocenters. The van der Waals surface area contributed by atoms with Gasteiger partial charge in [0, 0.05) is 13.7 Å². The van der Waals surface area contributed by atoms with Gasteiger partial charge in [-0.2, -0.15) is 0 Å². The predicted molar refractivity (Wildman–Crippen MR) is 66.7 cm³/mol. The molecule has 0 saturated heterocycles. The molecule has 7 heteroatoms. The van der Waals surface area contributed by atoms with Crippen molar-refractivity contribution in [3.63, 3.8) is 0 Å². The monoisotopic (exact) mass is 252 g/mol. The average molecular weight is 252 g/mol. The fraction of sp³-hybridized carbons (Fsp3) is 0.545. The van der Waals surface area contributed by atoms with Crippen molar-refractivity contribution in [3.05, 3.63) is 26.7 Å². The van der Waals surface area contributed by atoms with Gasteiger partial charge in [0.2, 0.25) is 0 Å². The Bertz CT molecular complexity index is 667. The Morgan fingerprint density at radius 2 is 2.11 bits per heavy atom. The standard InChI is InChI=1S/C11H16N4O3/c1-4-5-15-9-7(10(16)14-11(15)17)12-8(13-9)6(2)18-3/h6H,4-5H2,1-3H3,(H,12,13)(H,14,16,17). The van der Waals surface area contributed by atoms with Crippen molar-refractivity contribution in [1.29, 1.82) is 0 Å². The van der Waals surface area contributed by atoms with Crippen LogP contribution in [0.25, 0.3) is 11.2 Å². The van der Waals surface area contributed by atoms with Crippen LogP contribution in [0, 0.1) is 0 Å². The Hall–Kier alpha value is -1.89. The second kappa shape index (κ2) is 4.77. The van der Waals surface area contributed by atoms with E-state index in [-0.39, 0.29) is 6.10 Å². The number of fused-ring (bicyclic) bond motifs is 1. The second-order valence-electron chi connectivity index (χ2n) is 4.11. The molecule has 2 N–H and O–H groups in total. The highest BCUT2D eigenvalue weighted by atomic mass is 16.5. The van der Waals surface area contributed by atoms with Crippen molar-refractivity contribution < 1.29 is 4.74 Å². The maximum Gasteiger partial charge on any atom is 0.330 e. The zero-order chi connectivity index (χ0) is 13.3. The molecule has 18 heavy (non-hydrogen) atoms. The molecule has 0 spiro atoms. The molecule has 0 saturated carbocycles. The van der Waals surface area contributed by atoms with Gasteiger partial charge >= 0.3 is 5.69 Å². The van der Waals surface area contributed by atoms with Gasteiger partial charge in [-0.05, 0) is 13.3 Å². The van der Waals surface area contributed by atoms with Crippen LogP contribution >= 0.6 is 0 Å². The molecule has 2 rings (SSSR count). The Kier molecular flexibility index (Phi) is 3.33. The van der Waals surface area contributed by atoms with Crippen LogP contribution in [0.15, 0.2) is 9.59 Å². The number of ether oxygens (including phenoxy) is 1. The van der Waals surface area contributed by atoms with E-state index < -0.39 is 11.2 Å². The number of aryl methyl sites for hydroxylation is 1. The number of aromatic nitrogens is 4. The number of hydrogen-bond acceptors (Lipinski definition) is 4. The van der Waals surface area contributed by atoms with E-state index >= 15 is 0 Å². The van der Waals surface area contributed by atoms with Crippen LogP contribution in [-0.2, 0) is 11.3 Å². The van der Waals surface area contributed by atoms with E-state index in [1.165, 1.54) is 4.57 Å². The lowest BCUT2D eigenvalue weighted by molar-refractivity contribution is 0.113. The normalized spacial score (nSPS) is 13.1. The quantitative estimate of drug-likeness (QED) is 0.830. The molecular formula is C11H16N4O3. The van der Waals surface area contributed by atoms with E-state index in [9.17, 15) is 9.59 Å². The lowest BCUT2D eigenvalue weighted by atomic mass is 10.4. The lowest BCUT2D eigenvalue weighted by Gasteiger charge is -2.04. The lowest BCUT2D eigenvalue weighted by Crippen LogP contribution is -2.30. The van der Waals surface area contributed by atoms with Gasteiger partial charge in [0.15, 0.2) is 5.65 Å². The van der Waals surface area contributed by atoms with Crippen molar-refractivity contribution in [2.75, 3.05) is 7.11 Å². The van der Waals surface area contributed by atoms with Crippen LogP contribution in [0.5, 0.6) is 0 Å². The minimum absolute atomic E-state index is 0.262. The Morgan fingerprint density at radius 3 is 2.72 bits per heavy atom. The summed E-state index contributed by atoms with van der Waals surface area (Å²) in [5.74, 6) is 0.536. The minimum atomic E-state index is -0.454. The molecule has 0 fully saturated rings. The van der Waals surface area contributed by atoms with Crippen molar-refractivity contribution in [2.24, 2.45) is 0 Å². The Labute approximate surface area is 103 Å².